The molecule has 0 fully saturated rings. The molecule has 1 atom stereocenters. The van der Waals surface area contributed by atoms with E-state index in [0.717, 1.165) is 0 Å². The van der Waals surface area contributed by atoms with Gasteiger partial charge >= 0.3 is 6.09 Å². The number of nitrogens with zero attached hydrogens (tertiary/aromatic N) is 1. The maximum absolute atomic E-state index is 12.0. The van der Waals surface area contributed by atoms with Gasteiger partial charge in [-0.3, -0.25) is 0 Å². The van der Waals surface area contributed by atoms with Crippen molar-refractivity contribution >= 4 is 6.09 Å². The standard InChI is InChI=1S/C12H26N2O3/c1-11(2,3)14(8-9(15)7-13)10(16)17-12(4,5)6/h9,15H,7-8,13H2,1-6H3. The lowest BCUT2D eigenvalue weighted by Gasteiger charge is -2.37. The van der Waals surface area contributed by atoms with E-state index in [1.54, 1.807) is 0 Å². The number of hydrogen-bond acceptors (Lipinski definition) is 4. The van der Waals surface area contributed by atoms with Gasteiger partial charge in [-0.2, -0.15) is 0 Å². The topological polar surface area (TPSA) is 75.8 Å². The summed E-state index contributed by atoms with van der Waals surface area (Å²) in [6.07, 6.45) is -1.17. The summed E-state index contributed by atoms with van der Waals surface area (Å²) >= 11 is 0. The van der Waals surface area contributed by atoms with Crippen molar-refractivity contribution in [3.8, 4) is 0 Å². The maximum Gasteiger partial charge on any atom is 0.410 e. The first-order valence-electron chi connectivity index (χ1n) is 5.86. The molecule has 0 heterocycles. The number of rotatable bonds is 3. The second-order valence-electron chi connectivity index (χ2n) is 6.15. The van der Waals surface area contributed by atoms with Crippen LogP contribution < -0.4 is 5.73 Å². The normalized spacial score (nSPS) is 14.4. The highest BCUT2D eigenvalue weighted by molar-refractivity contribution is 5.69. The highest BCUT2D eigenvalue weighted by Gasteiger charge is 2.31. The van der Waals surface area contributed by atoms with E-state index >= 15 is 0 Å². The molecule has 17 heavy (non-hydrogen) atoms. The van der Waals surface area contributed by atoms with Crippen LogP contribution in [0, 0.1) is 0 Å². The van der Waals surface area contributed by atoms with Gasteiger partial charge in [0.2, 0.25) is 0 Å². The Balaban J connectivity index is 4.76. The quantitative estimate of drug-likeness (QED) is 0.788. The Hall–Kier alpha value is -0.810. The van der Waals surface area contributed by atoms with Gasteiger partial charge in [0.15, 0.2) is 0 Å². The summed E-state index contributed by atoms with van der Waals surface area (Å²) in [6, 6.07) is 0. The zero-order chi connectivity index (χ0) is 13.9. The smallest absolute Gasteiger partial charge is 0.410 e. The van der Waals surface area contributed by atoms with E-state index in [4.69, 9.17) is 10.5 Å². The second kappa shape index (κ2) is 5.69. The van der Waals surface area contributed by atoms with Gasteiger partial charge in [0.1, 0.15) is 5.60 Å². The number of nitrogens with two attached hydrogens (primary N) is 1. The average molecular weight is 246 g/mol. The van der Waals surface area contributed by atoms with Crippen LogP contribution in [0.15, 0.2) is 0 Å². The van der Waals surface area contributed by atoms with Crippen molar-refractivity contribution in [1.29, 1.82) is 0 Å². The summed E-state index contributed by atoms with van der Waals surface area (Å²) in [5.41, 5.74) is 4.40. The lowest BCUT2D eigenvalue weighted by molar-refractivity contribution is -0.00648. The van der Waals surface area contributed by atoms with E-state index in [0.29, 0.717) is 0 Å². The minimum atomic E-state index is -0.734. The zero-order valence-electron chi connectivity index (χ0n) is 11.8. The number of amides is 1. The SMILES string of the molecule is CC(C)(C)OC(=O)N(CC(O)CN)C(C)(C)C. The molecule has 5 heteroatoms. The highest BCUT2D eigenvalue weighted by Crippen LogP contribution is 2.18. The summed E-state index contributed by atoms with van der Waals surface area (Å²) < 4.78 is 5.31. The predicted molar refractivity (Wildman–Crippen MR) is 67.8 cm³/mol. The van der Waals surface area contributed by atoms with Crippen molar-refractivity contribution in [3.63, 3.8) is 0 Å². The minimum Gasteiger partial charge on any atom is -0.444 e. The van der Waals surface area contributed by atoms with E-state index in [-0.39, 0.29) is 13.1 Å². The van der Waals surface area contributed by atoms with Crippen LogP contribution in [0.2, 0.25) is 0 Å². The molecule has 0 saturated carbocycles. The van der Waals surface area contributed by atoms with Crippen molar-refractivity contribution in [3.05, 3.63) is 0 Å². The molecule has 5 nitrogen and oxygen atoms in total. The minimum absolute atomic E-state index is 0.120. The molecular weight excluding hydrogens is 220 g/mol. The Labute approximate surface area is 104 Å². The molecule has 3 N–H and O–H groups in total. The van der Waals surface area contributed by atoms with E-state index in [1.807, 2.05) is 41.5 Å². The van der Waals surface area contributed by atoms with Crippen LogP contribution in [-0.4, -0.2) is 46.4 Å². The Morgan fingerprint density at radius 3 is 2.06 bits per heavy atom. The van der Waals surface area contributed by atoms with Gasteiger partial charge < -0.3 is 20.5 Å². The van der Waals surface area contributed by atoms with Gasteiger partial charge in [0.25, 0.3) is 0 Å². The van der Waals surface area contributed by atoms with Crippen LogP contribution >= 0.6 is 0 Å². The number of carbonyl (C=O) groups is 1. The lowest BCUT2D eigenvalue weighted by Crippen LogP contribution is -2.51. The molecule has 102 valence electrons. The molecule has 0 aliphatic rings. The molecule has 0 aromatic carbocycles. The summed E-state index contributed by atoms with van der Waals surface area (Å²) in [5, 5.41) is 9.56. The van der Waals surface area contributed by atoms with Crippen molar-refractivity contribution < 1.29 is 14.6 Å². The van der Waals surface area contributed by atoms with Crippen LogP contribution in [0.25, 0.3) is 0 Å². The fraction of sp³-hybridized carbons (Fsp3) is 0.917. The zero-order valence-corrected chi connectivity index (χ0v) is 11.8. The second-order valence-corrected chi connectivity index (χ2v) is 6.15. The Kier molecular flexibility index (Phi) is 5.42. The number of β-amino-alcohol motifs (C(OH)–C–C–N with tert-alkyl or cyclic N) is 1. The molecule has 0 spiro atoms. The van der Waals surface area contributed by atoms with E-state index in [1.165, 1.54) is 4.90 Å². The van der Waals surface area contributed by atoms with E-state index in [9.17, 15) is 9.90 Å². The molecule has 0 aromatic rings. The molecule has 0 saturated heterocycles. The number of ether oxygens (including phenoxy) is 1. The fourth-order valence-corrected chi connectivity index (χ4v) is 1.22. The summed E-state index contributed by atoms with van der Waals surface area (Å²) in [7, 11) is 0. The molecule has 0 aliphatic heterocycles. The fourth-order valence-electron chi connectivity index (χ4n) is 1.22. The van der Waals surface area contributed by atoms with Gasteiger partial charge in [-0.25, -0.2) is 4.79 Å². The average Bonchev–Trinajstić information content (AvgIpc) is 2.08. The molecule has 0 rings (SSSR count). The molecular formula is C12H26N2O3. The largest absolute Gasteiger partial charge is 0.444 e. The van der Waals surface area contributed by atoms with Crippen LogP contribution in [0.4, 0.5) is 4.79 Å². The van der Waals surface area contributed by atoms with Gasteiger partial charge in [-0.15, -0.1) is 0 Å². The third kappa shape index (κ3) is 6.48. The highest BCUT2D eigenvalue weighted by atomic mass is 16.6. The van der Waals surface area contributed by atoms with Crippen molar-refractivity contribution in [2.75, 3.05) is 13.1 Å². The van der Waals surface area contributed by atoms with Gasteiger partial charge in [-0.1, -0.05) is 0 Å². The number of hydrogen-bond donors (Lipinski definition) is 2. The molecule has 1 unspecified atom stereocenters. The molecule has 0 aromatic heterocycles. The van der Waals surface area contributed by atoms with Crippen LogP contribution in [-0.2, 0) is 4.74 Å². The van der Waals surface area contributed by atoms with Crippen LogP contribution in [0.3, 0.4) is 0 Å². The lowest BCUT2D eigenvalue weighted by atomic mass is 10.1. The molecule has 0 radical (unpaired) electrons. The van der Waals surface area contributed by atoms with Crippen LogP contribution in [0.5, 0.6) is 0 Å². The monoisotopic (exact) mass is 246 g/mol. The van der Waals surface area contributed by atoms with E-state index < -0.39 is 23.3 Å². The number of carbonyl (C=O) groups excluding carboxylic acids is 1. The van der Waals surface area contributed by atoms with Crippen molar-refractivity contribution in [2.24, 2.45) is 5.73 Å². The van der Waals surface area contributed by atoms with Gasteiger partial charge in [0, 0.05) is 12.1 Å². The first-order chi connectivity index (χ1) is 7.47. The maximum atomic E-state index is 12.0. The van der Waals surface area contributed by atoms with Gasteiger partial charge in [0.05, 0.1) is 12.6 Å². The first kappa shape index (κ1) is 16.2. The Morgan fingerprint density at radius 1 is 1.29 bits per heavy atom. The Morgan fingerprint density at radius 2 is 1.76 bits per heavy atom. The molecule has 0 aliphatic carbocycles. The molecule has 0 bridgehead atoms. The number of aliphatic hydroxyl groups excluding tert-OH is 1. The first-order valence-corrected chi connectivity index (χ1v) is 5.86. The summed E-state index contributed by atoms with van der Waals surface area (Å²) in [6.45, 7) is 11.4. The van der Waals surface area contributed by atoms with Crippen LogP contribution in [0.1, 0.15) is 41.5 Å². The van der Waals surface area contributed by atoms with Crippen molar-refractivity contribution in [2.45, 2.75) is 58.8 Å². The summed E-state index contributed by atoms with van der Waals surface area (Å²) in [5.74, 6) is 0. The predicted octanol–water partition coefficient (Wildman–Crippen LogP) is 1.34. The third-order valence-corrected chi connectivity index (χ3v) is 2.09. The molecule has 1 amide bonds. The number of aliphatic hydroxyl groups is 1. The third-order valence-electron chi connectivity index (χ3n) is 2.09. The Bertz CT molecular complexity index is 253. The van der Waals surface area contributed by atoms with Gasteiger partial charge in [-0.05, 0) is 41.5 Å². The van der Waals surface area contributed by atoms with E-state index in [2.05, 4.69) is 0 Å². The van der Waals surface area contributed by atoms with Crippen molar-refractivity contribution in [1.82, 2.24) is 4.90 Å². The summed E-state index contributed by atoms with van der Waals surface area (Å²) in [4.78, 5) is 13.5.